The lowest BCUT2D eigenvalue weighted by molar-refractivity contribution is -0.146. The summed E-state index contributed by atoms with van der Waals surface area (Å²) in [5.41, 5.74) is -0.441. The maximum Gasteiger partial charge on any atom is 0.343 e. The molecule has 0 saturated carbocycles. The second kappa shape index (κ2) is 4.43. The van der Waals surface area contributed by atoms with Crippen LogP contribution in [0.4, 0.5) is 0 Å². The van der Waals surface area contributed by atoms with Gasteiger partial charge in [-0.1, -0.05) is 13.8 Å². The topological polar surface area (TPSA) is 79.9 Å². The molecule has 0 amide bonds. The van der Waals surface area contributed by atoms with E-state index in [-0.39, 0.29) is 10.7 Å². The van der Waals surface area contributed by atoms with Crippen molar-refractivity contribution >= 4 is 18.2 Å². The smallest absolute Gasteiger partial charge is 0.343 e. The summed E-state index contributed by atoms with van der Waals surface area (Å²) >= 11 is 4.90. The van der Waals surface area contributed by atoms with E-state index in [2.05, 4.69) is 14.9 Å². The Morgan fingerprint density at radius 1 is 1.47 bits per heavy atom. The Labute approximate surface area is 91.2 Å². The first-order chi connectivity index (χ1) is 6.99. The number of ether oxygens (including phenoxy) is 1. The van der Waals surface area contributed by atoms with Gasteiger partial charge < -0.3 is 4.74 Å². The molecule has 0 saturated heterocycles. The summed E-state index contributed by atoms with van der Waals surface area (Å²) in [6, 6.07) is -0.697. The van der Waals surface area contributed by atoms with Gasteiger partial charge in [-0.3, -0.25) is 9.67 Å². The van der Waals surface area contributed by atoms with E-state index in [4.69, 9.17) is 12.2 Å². The molecule has 0 aliphatic carbocycles. The minimum atomic E-state index is -0.697. The fourth-order valence-corrected chi connectivity index (χ4v) is 1.62. The molecule has 0 aliphatic heterocycles. The number of methoxy groups -OCH3 is 1. The monoisotopic (exact) mass is 231 g/mol. The molecule has 15 heavy (non-hydrogen) atoms. The van der Waals surface area contributed by atoms with Crippen LogP contribution in [0, 0.1) is 10.7 Å². The van der Waals surface area contributed by atoms with E-state index in [1.807, 2.05) is 13.8 Å². The number of carbonyl (C=O) groups excluding carboxylic acids is 1. The predicted octanol–water partition coefficient (Wildman–Crippen LogP) is 0.604. The Balaban J connectivity index is 3.28. The molecule has 0 aliphatic rings. The molecule has 1 aromatic rings. The van der Waals surface area contributed by atoms with E-state index in [0.29, 0.717) is 0 Å². The summed E-state index contributed by atoms with van der Waals surface area (Å²) in [7, 11) is 1.28. The second-order valence-electron chi connectivity index (χ2n) is 3.44. The molecule has 0 aromatic carbocycles. The molecule has 84 valence electrons. The number of H-pyrrole nitrogens is 2. The van der Waals surface area contributed by atoms with Crippen molar-refractivity contribution in [2.45, 2.75) is 19.9 Å². The zero-order valence-electron chi connectivity index (χ0n) is 8.73. The van der Waals surface area contributed by atoms with Crippen molar-refractivity contribution in [3.8, 4) is 0 Å². The molecule has 0 bridgehead atoms. The molecule has 0 radical (unpaired) electrons. The van der Waals surface area contributed by atoms with Crippen LogP contribution >= 0.6 is 12.2 Å². The van der Waals surface area contributed by atoms with E-state index in [0.717, 1.165) is 0 Å². The van der Waals surface area contributed by atoms with Crippen molar-refractivity contribution in [2.24, 2.45) is 5.92 Å². The van der Waals surface area contributed by atoms with Gasteiger partial charge in [-0.05, 0) is 18.1 Å². The minimum Gasteiger partial charge on any atom is -0.467 e. The molecule has 6 nitrogen and oxygen atoms in total. The number of esters is 1. The fraction of sp³-hybridized carbons (Fsp3) is 0.625. The number of nitrogens with zero attached hydrogens (tertiary/aromatic N) is 1. The van der Waals surface area contributed by atoms with E-state index < -0.39 is 17.7 Å². The largest absolute Gasteiger partial charge is 0.467 e. The molecule has 1 heterocycles. The Kier molecular flexibility index (Phi) is 3.46. The average molecular weight is 231 g/mol. The second-order valence-corrected chi connectivity index (χ2v) is 3.83. The molecule has 1 unspecified atom stereocenters. The Morgan fingerprint density at radius 3 is 2.40 bits per heavy atom. The number of rotatable bonds is 3. The van der Waals surface area contributed by atoms with Gasteiger partial charge >= 0.3 is 11.7 Å². The first-order valence-corrected chi connectivity index (χ1v) is 4.87. The van der Waals surface area contributed by atoms with Crippen LogP contribution in [0.15, 0.2) is 4.79 Å². The highest BCUT2D eigenvalue weighted by molar-refractivity contribution is 7.71. The van der Waals surface area contributed by atoms with Gasteiger partial charge in [-0.2, -0.15) is 0 Å². The SMILES string of the molecule is COC(=O)C(C(C)C)n1c(=O)[nH][nH]c1=S. The van der Waals surface area contributed by atoms with Crippen molar-refractivity contribution in [2.75, 3.05) is 7.11 Å². The standard InChI is InChI=1S/C8H13N3O3S/c1-4(2)5(6(12)14-3)11-7(13)9-10-8(11)15/h4-5H,1-3H3,(H,9,13)(H,10,15). The highest BCUT2D eigenvalue weighted by Crippen LogP contribution is 2.17. The summed E-state index contributed by atoms with van der Waals surface area (Å²) in [6.45, 7) is 3.63. The summed E-state index contributed by atoms with van der Waals surface area (Å²) < 4.78 is 6.01. The van der Waals surface area contributed by atoms with E-state index in [1.54, 1.807) is 0 Å². The zero-order valence-corrected chi connectivity index (χ0v) is 9.55. The Morgan fingerprint density at radius 2 is 2.07 bits per heavy atom. The molecule has 0 fully saturated rings. The minimum absolute atomic E-state index is 0.0824. The van der Waals surface area contributed by atoms with Crippen LogP contribution in [-0.2, 0) is 9.53 Å². The van der Waals surface area contributed by atoms with Crippen LogP contribution in [0.3, 0.4) is 0 Å². The van der Waals surface area contributed by atoms with E-state index >= 15 is 0 Å². The van der Waals surface area contributed by atoms with Crippen molar-refractivity contribution in [1.29, 1.82) is 0 Å². The third kappa shape index (κ3) is 2.17. The number of hydrogen-bond donors (Lipinski definition) is 2. The summed E-state index contributed by atoms with van der Waals surface area (Å²) in [5.74, 6) is -0.563. The van der Waals surface area contributed by atoms with Crippen molar-refractivity contribution in [3.05, 3.63) is 15.3 Å². The molecule has 1 rings (SSSR count). The van der Waals surface area contributed by atoms with Gasteiger partial charge in [0.2, 0.25) is 0 Å². The highest BCUT2D eigenvalue weighted by Gasteiger charge is 2.27. The van der Waals surface area contributed by atoms with Gasteiger partial charge in [-0.25, -0.2) is 14.7 Å². The van der Waals surface area contributed by atoms with Crippen LogP contribution in [0.1, 0.15) is 19.9 Å². The fourth-order valence-electron chi connectivity index (χ4n) is 1.37. The Bertz CT molecular complexity index is 429. The molecule has 2 N–H and O–H groups in total. The van der Waals surface area contributed by atoms with Crippen molar-refractivity contribution in [1.82, 2.24) is 14.8 Å². The summed E-state index contributed by atoms with van der Waals surface area (Å²) in [4.78, 5) is 22.9. The predicted molar refractivity (Wildman–Crippen MR) is 56.1 cm³/mol. The third-order valence-electron chi connectivity index (χ3n) is 2.07. The summed E-state index contributed by atoms with van der Waals surface area (Å²) in [6.07, 6.45) is 0. The zero-order chi connectivity index (χ0) is 11.6. The number of carbonyl (C=O) groups is 1. The number of hydrogen-bond acceptors (Lipinski definition) is 4. The quantitative estimate of drug-likeness (QED) is 0.590. The van der Waals surface area contributed by atoms with Crippen LogP contribution < -0.4 is 5.69 Å². The molecule has 0 spiro atoms. The van der Waals surface area contributed by atoms with Gasteiger partial charge in [0.1, 0.15) is 6.04 Å². The average Bonchev–Trinajstić information content (AvgIpc) is 2.49. The van der Waals surface area contributed by atoms with Gasteiger partial charge in [0.25, 0.3) is 0 Å². The number of aromatic amines is 2. The number of nitrogens with one attached hydrogen (secondary N) is 2. The lowest BCUT2D eigenvalue weighted by atomic mass is 10.0. The number of aromatic nitrogens is 3. The van der Waals surface area contributed by atoms with E-state index in [1.165, 1.54) is 11.7 Å². The maximum atomic E-state index is 11.5. The van der Waals surface area contributed by atoms with Gasteiger partial charge in [0.05, 0.1) is 7.11 Å². The van der Waals surface area contributed by atoms with Gasteiger partial charge in [0, 0.05) is 0 Å². The lowest BCUT2D eigenvalue weighted by Gasteiger charge is -2.17. The molecule has 7 heteroatoms. The van der Waals surface area contributed by atoms with Crippen LogP contribution in [0.25, 0.3) is 0 Å². The van der Waals surface area contributed by atoms with Crippen LogP contribution in [0.2, 0.25) is 0 Å². The van der Waals surface area contributed by atoms with Gasteiger partial charge in [-0.15, -0.1) is 0 Å². The highest BCUT2D eigenvalue weighted by atomic mass is 32.1. The molecule has 1 aromatic heterocycles. The summed E-state index contributed by atoms with van der Waals surface area (Å²) in [5, 5.41) is 4.81. The first kappa shape index (κ1) is 11.7. The van der Waals surface area contributed by atoms with Crippen LogP contribution in [0.5, 0.6) is 0 Å². The van der Waals surface area contributed by atoms with E-state index in [9.17, 15) is 9.59 Å². The third-order valence-corrected chi connectivity index (χ3v) is 2.37. The maximum absolute atomic E-state index is 11.5. The van der Waals surface area contributed by atoms with Crippen molar-refractivity contribution in [3.63, 3.8) is 0 Å². The lowest BCUT2D eigenvalue weighted by Crippen LogP contribution is -2.32. The van der Waals surface area contributed by atoms with Gasteiger partial charge in [0.15, 0.2) is 4.77 Å². The Hall–Kier alpha value is -1.37. The van der Waals surface area contributed by atoms with Crippen LogP contribution in [-0.4, -0.2) is 27.8 Å². The normalized spacial score (nSPS) is 12.8. The molecular weight excluding hydrogens is 218 g/mol. The first-order valence-electron chi connectivity index (χ1n) is 4.46. The van der Waals surface area contributed by atoms with Crippen molar-refractivity contribution < 1.29 is 9.53 Å². The molecule has 1 atom stereocenters. The molecular formula is C8H13N3O3S.